The summed E-state index contributed by atoms with van der Waals surface area (Å²) in [5.74, 6) is 0. The topological polar surface area (TPSA) is 34.0 Å². The first-order valence-corrected chi connectivity index (χ1v) is 6.85. The zero-order valence-corrected chi connectivity index (χ0v) is 12.7. The summed E-state index contributed by atoms with van der Waals surface area (Å²) >= 11 is 8.36. The third-order valence-corrected chi connectivity index (χ3v) is 3.67. The van der Waals surface area contributed by atoms with E-state index in [0.29, 0.717) is 5.15 Å². The second-order valence-corrected chi connectivity index (χ2v) is 5.71. The van der Waals surface area contributed by atoms with E-state index < -0.39 is 0 Å². The summed E-state index contributed by atoms with van der Waals surface area (Å²) in [6.07, 6.45) is 4.69. The maximum atomic E-state index is 6.08. The molecule has 0 aliphatic rings. The van der Waals surface area contributed by atoms with Crippen LogP contribution in [0, 0.1) is 3.57 Å². The van der Waals surface area contributed by atoms with Crippen molar-refractivity contribution in [2.45, 2.75) is 13.0 Å². The Morgan fingerprint density at radius 1 is 1.41 bits per heavy atom. The lowest BCUT2D eigenvalue weighted by Crippen LogP contribution is -2.14. The molecule has 0 N–H and O–H groups in total. The van der Waals surface area contributed by atoms with Crippen LogP contribution in [0.15, 0.2) is 12.5 Å². The number of hydrogen-bond acceptors (Lipinski definition) is 3. The van der Waals surface area contributed by atoms with Crippen LogP contribution in [-0.2, 0) is 6.54 Å². The highest BCUT2D eigenvalue weighted by Gasteiger charge is 2.11. The van der Waals surface area contributed by atoms with Gasteiger partial charge in [0.25, 0.3) is 0 Å². The smallest absolute Gasteiger partial charge is 0.145 e. The van der Waals surface area contributed by atoms with Gasteiger partial charge in [-0.25, -0.2) is 9.97 Å². The number of fused-ring (bicyclic) bond motifs is 1. The van der Waals surface area contributed by atoms with E-state index >= 15 is 0 Å². The molecule has 4 nitrogen and oxygen atoms in total. The van der Waals surface area contributed by atoms with Crippen LogP contribution in [0.3, 0.4) is 0 Å². The SMILES string of the molecule is CN(C)CCCn1cc(I)c2c(Cl)ncnc21. The Kier molecular flexibility index (Phi) is 4.22. The lowest BCUT2D eigenvalue weighted by atomic mass is 10.4. The standard InChI is InChI=1S/C11H14ClIN4/c1-16(2)4-3-5-17-6-8(13)9-10(12)14-7-15-11(9)17/h6-7H,3-5H2,1-2H3. The van der Waals surface area contributed by atoms with Gasteiger partial charge < -0.3 is 9.47 Å². The maximum Gasteiger partial charge on any atom is 0.145 e. The molecule has 2 rings (SSSR count). The van der Waals surface area contributed by atoms with Crippen LogP contribution in [0.5, 0.6) is 0 Å². The van der Waals surface area contributed by atoms with E-state index in [2.05, 4.69) is 62.3 Å². The molecule has 0 bridgehead atoms. The van der Waals surface area contributed by atoms with Gasteiger partial charge in [0.15, 0.2) is 0 Å². The minimum atomic E-state index is 0.533. The molecule has 0 atom stereocenters. The first-order valence-electron chi connectivity index (χ1n) is 5.39. The van der Waals surface area contributed by atoms with Crippen molar-refractivity contribution in [2.75, 3.05) is 20.6 Å². The summed E-state index contributed by atoms with van der Waals surface area (Å²) < 4.78 is 3.25. The Labute approximate surface area is 119 Å². The summed E-state index contributed by atoms with van der Waals surface area (Å²) in [6.45, 7) is 2.01. The van der Waals surface area contributed by atoms with Crippen LogP contribution < -0.4 is 0 Å². The van der Waals surface area contributed by atoms with E-state index in [4.69, 9.17) is 11.6 Å². The van der Waals surface area contributed by atoms with Gasteiger partial charge in [-0.1, -0.05) is 11.6 Å². The molecule has 0 unspecified atom stereocenters. The lowest BCUT2D eigenvalue weighted by Gasteiger charge is -2.09. The second-order valence-electron chi connectivity index (χ2n) is 4.19. The van der Waals surface area contributed by atoms with Gasteiger partial charge in [0.05, 0.1) is 5.39 Å². The van der Waals surface area contributed by atoms with Crippen molar-refractivity contribution in [3.8, 4) is 0 Å². The number of aromatic nitrogens is 3. The predicted octanol–water partition coefficient (Wildman–Crippen LogP) is 2.64. The normalized spacial score (nSPS) is 11.6. The van der Waals surface area contributed by atoms with Gasteiger partial charge in [0, 0.05) is 16.3 Å². The Morgan fingerprint density at radius 2 is 2.18 bits per heavy atom. The van der Waals surface area contributed by atoms with Crippen LogP contribution in [0.1, 0.15) is 6.42 Å². The number of aryl methyl sites for hydroxylation is 1. The molecule has 0 saturated carbocycles. The molecule has 0 aromatic carbocycles. The van der Waals surface area contributed by atoms with E-state index in [9.17, 15) is 0 Å². The third-order valence-electron chi connectivity index (χ3n) is 2.57. The van der Waals surface area contributed by atoms with Crippen LogP contribution in [-0.4, -0.2) is 40.1 Å². The van der Waals surface area contributed by atoms with Crippen LogP contribution in [0.2, 0.25) is 5.15 Å². The van der Waals surface area contributed by atoms with E-state index in [1.165, 1.54) is 6.33 Å². The molecule has 92 valence electrons. The number of rotatable bonds is 4. The van der Waals surface area contributed by atoms with E-state index in [0.717, 1.165) is 34.1 Å². The van der Waals surface area contributed by atoms with Gasteiger partial charge >= 0.3 is 0 Å². The summed E-state index contributed by atoms with van der Waals surface area (Å²) in [5, 5.41) is 1.49. The van der Waals surface area contributed by atoms with Crippen molar-refractivity contribution in [3.05, 3.63) is 21.2 Å². The van der Waals surface area contributed by atoms with Gasteiger partial charge in [-0.2, -0.15) is 0 Å². The van der Waals surface area contributed by atoms with E-state index in [-0.39, 0.29) is 0 Å². The number of halogens is 2. The highest BCUT2D eigenvalue weighted by Crippen LogP contribution is 2.26. The molecule has 6 heteroatoms. The van der Waals surface area contributed by atoms with Crippen LogP contribution in [0.25, 0.3) is 11.0 Å². The second kappa shape index (κ2) is 5.49. The van der Waals surface area contributed by atoms with Crippen molar-refractivity contribution < 1.29 is 0 Å². The maximum absolute atomic E-state index is 6.08. The zero-order valence-electron chi connectivity index (χ0n) is 9.82. The molecule has 0 radical (unpaired) electrons. The predicted molar refractivity (Wildman–Crippen MR) is 78.4 cm³/mol. The Morgan fingerprint density at radius 3 is 2.88 bits per heavy atom. The Bertz CT molecular complexity index is 523. The van der Waals surface area contributed by atoms with Crippen molar-refractivity contribution in [1.82, 2.24) is 19.4 Å². The molecule has 0 fully saturated rings. The van der Waals surface area contributed by atoms with Crippen LogP contribution in [0.4, 0.5) is 0 Å². The molecule has 0 aliphatic heterocycles. The quantitative estimate of drug-likeness (QED) is 0.618. The van der Waals surface area contributed by atoms with E-state index in [1.807, 2.05) is 0 Å². The summed E-state index contributed by atoms with van der Waals surface area (Å²) in [4.78, 5) is 10.5. The van der Waals surface area contributed by atoms with Crippen molar-refractivity contribution in [2.24, 2.45) is 0 Å². The first kappa shape index (κ1) is 13.0. The fourth-order valence-electron chi connectivity index (χ4n) is 1.77. The van der Waals surface area contributed by atoms with Crippen molar-refractivity contribution in [3.63, 3.8) is 0 Å². The van der Waals surface area contributed by atoms with Crippen LogP contribution >= 0.6 is 34.2 Å². The Balaban J connectivity index is 2.26. The first-order chi connectivity index (χ1) is 8.09. The molecular formula is C11H14ClIN4. The monoisotopic (exact) mass is 364 g/mol. The summed E-state index contributed by atoms with van der Waals surface area (Å²) in [6, 6.07) is 0. The van der Waals surface area contributed by atoms with Gasteiger partial charge in [0.1, 0.15) is 17.1 Å². The zero-order chi connectivity index (χ0) is 12.4. The third kappa shape index (κ3) is 2.89. The molecule has 0 aliphatic carbocycles. The average Bonchev–Trinajstić information content (AvgIpc) is 2.57. The molecule has 17 heavy (non-hydrogen) atoms. The fourth-order valence-corrected chi connectivity index (χ4v) is 2.99. The van der Waals surface area contributed by atoms with Gasteiger partial charge in [0.2, 0.25) is 0 Å². The van der Waals surface area contributed by atoms with Crippen molar-refractivity contribution in [1.29, 1.82) is 0 Å². The minimum absolute atomic E-state index is 0.533. The summed E-state index contributed by atoms with van der Waals surface area (Å²) in [5.41, 5.74) is 0.924. The summed E-state index contributed by atoms with van der Waals surface area (Å²) in [7, 11) is 4.16. The lowest BCUT2D eigenvalue weighted by molar-refractivity contribution is 0.387. The highest BCUT2D eigenvalue weighted by atomic mass is 127. The molecule has 2 aromatic rings. The highest BCUT2D eigenvalue weighted by molar-refractivity contribution is 14.1. The van der Waals surface area contributed by atoms with Gasteiger partial charge in [-0.3, -0.25) is 0 Å². The molecule has 2 heterocycles. The fraction of sp³-hybridized carbons (Fsp3) is 0.455. The van der Waals surface area contributed by atoms with Gasteiger partial charge in [-0.15, -0.1) is 0 Å². The minimum Gasteiger partial charge on any atom is -0.331 e. The molecule has 0 amide bonds. The average molecular weight is 365 g/mol. The number of hydrogen-bond donors (Lipinski definition) is 0. The largest absolute Gasteiger partial charge is 0.331 e. The molecule has 0 saturated heterocycles. The molecule has 2 aromatic heterocycles. The molecular weight excluding hydrogens is 351 g/mol. The van der Waals surface area contributed by atoms with E-state index in [1.54, 1.807) is 0 Å². The number of nitrogens with zero attached hydrogens (tertiary/aromatic N) is 4. The van der Waals surface area contributed by atoms with Crippen molar-refractivity contribution >= 4 is 45.2 Å². The Hall–Kier alpha value is -0.400. The van der Waals surface area contributed by atoms with Gasteiger partial charge in [-0.05, 0) is 49.7 Å². The molecule has 0 spiro atoms.